The van der Waals surface area contributed by atoms with Crippen LogP contribution in [0.2, 0.25) is 0 Å². The molecule has 4 unspecified atom stereocenters. The van der Waals surface area contributed by atoms with E-state index >= 15 is 0 Å². The minimum absolute atomic E-state index is 0.590. The minimum Gasteiger partial charge on any atom is -0.0996 e. The zero-order chi connectivity index (χ0) is 10.8. The minimum atomic E-state index is 0.590. The third-order valence-electron chi connectivity index (χ3n) is 6.50. The smallest absolute Gasteiger partial charge is 0.0141 e. The number of rotatable bonds is 0. The maximum absolute atomic E-state index is 4.39. The highest BCUT2D eigenvalue weighted by Gasteiger charge is 2.68. The van der Waals surface area contributed by atoms with E-state index in [1.807, 2.05) is 0 Å². The monoisotopic (exact) mass is 204 g/mol. The lowest BCUT2D eigenvalue weighted by atomic mass is 9.40. The Morgan fingerprint density at radius 1 is 1.20 bits per heavy atom. The molecule has 0 nitrogen and oxygen atoms in total. The van der Waals surface area contributed by atoms with Gasteiger partial charge in [-0.2, -0.15) is 0 Å². The molecule has 0 aromatic heterocycles. The fraction of sp³-hybridized carbons (Fsp3) is 0.867. The molecule has 0 N–H and O–H groups in total. The van der Waals surface area contributed by atoms with E-state index < -0.39 is 0 Å². The molecule has 0 amide bonds. The second-order valence-electron chi connectivity index (χ2n) is 6.89. The van der Waals surface area contributed by atoms with Crippen LogP contribution < -0.4 is 0 Å². The highest BCUT2D eigenvalue weighted by Crippen LogP contribution is 2.75. The van der Waals surface area contributed by atoms with Crippen molar-refractivity contribution in [1.29, 1.82) is 0 Å². The molecule has 2 bridgehead atoms. The molecule has 4 aliphatic rings. The topological polar surface area (TPSA) is 0 Å². The van der Waals surface area contributed by atoms with Crippen LogP contribution in [-0.4, -0.2) is 0 Å². The number of hydrogen-bond acceptors (Lipinski definition) is 0. The van der Waals surface area contributed by atoms with Gasteiger partial charge in [-0.15, -0.1) is 0 Å². The summed E-state index contributed by atoms with van der Waals surface area (Å²) in [4.78, 5) is 0. The summed E-state index contributed by atoms with van der Waals surface area (Å²) in [5.74, 6) is 2.78. The molecule has 0 aliphatic heterocycles. The summed E-state index contributed by atoms with van der Waals surface area (Å²) in [5.41, 5.74) is 2.82. The van der Waals surface area contributed by atoms with Crippen LogP contribution >= 0.6 is 0 Å². The molecule has 4 atom stereocenters. The first kappa shape index (κ1) is 9.93. The number of allylic oxidation sites excluding steroid dienone is 1. The Morgan fingerprint density at radius 2 is 1.93 bits per heavy atom. The molecular formula is C15H24. The van der Waals surface area contributed by atoms with E-state index in [4.69, 9.17) is 0 Å². The van der Waals surface area contributed by atoms with Gasteiger partial charge < -0.3 is 0 Å². The average Bonchev–Trinajstić information content (AvgIpc) is 2.40. The zero-order valence-corrected chi connectivity index (χ0v) is 10.5. The molecule has 4 aliphatic carbocycles. The molecule has 15 heavy (non-hydrogen) atoms. The summed E-state index contributed by atoms with van der Waals surface area (Å²) in [6.45, 7) is 12.0. The molecule has 0 aromatic rings. The van der Waals surface area contributed by atoms with Crippen LogP contribution in [-0.2, 0) is 0 Å². The third kappa shape index (κ3) is 0.905. The molecule has 0 aromatic carbocycles. The molecule has 1 spiro atoms. The SMILES string of the molecule is C=C1CCC2CC3(C(C)CCC13)C2(C)C. The molecule has 0 saturated heterocycles. The van der Waals surface area contributed by atoms with Gasteiger partial charge in [0.1, 0.15) is 0 Å². The van der Waals surface area contributed by atoms with Crippen molar-refractivity contribution in [2.45, 2.75) is 52.9 Å². The normalized spacial score (nSPS) is 51.9. The fourth-order valence-electron chi connectivity index (χ4n) is 5.44. The number of hydrogen-bond donors (Lipinski definition) is 0. The molecule has 4 fully saturated rings. The summed E-state index contributed by atoms with van der Waals surface area (Å²) >= 11 is 0. The van der Waals surface area contributed by atoms with Crippen molar-refractivity contribution in [3.63, 3.8) is 0 Å². The van der Waals surface area contributed by atoms with Crippen molar-refractivity contribution in [2.75, 3.05) is 0 Å². The molecule has 0 radical (unpaired) electrons. The Bertz CT molecular complexity index is 312. The van der Waals surface area contributed by atoms with Gasteiger partial charge in [-0.1, -0.05) is 32.9 Å². The second kappa shape index (κ2) is 2.70. The van der Waals surface area contributed by atoms with Gasteiger partial charge in [-0.05, 0) is 60.7 Å². The van der Waals surface area contributed by atoms with Crippen LogP contribution in [0, 0.1) is 28.6 Å². The van der Waals surface area contributed by atoms with Crippen molar-refractivity contribution in [3.05, 3.63) is 12.2 Å². The van der Waals surface area contributed by atoms with Crippen molar-refractivity contribution in [1.82, 2.24) is 0 Å². The Morgan fingerprint density at radius 3 is 2.60 bits per heavy atom. The Kier molecular flexibility index (Phi) is 1.79. The molecular weight excluding hydrogens is 180 g/mol. The van der Waals surface area contributed by atoms with Crippen LogP contribution in [0.4, 0.5) is 0 Å². The lowest BCUT2D eigenvalue weighted by Crippen LogP contribution is -2.58. The highest BCUT2D eigenvalue weighted by molar-refractivity contribution is 5.25. The van der Waals surface area contributed by atoms with E-state index in [0.717, 1.165) is 17.8 Å². The summed E-state index contributed by atoms with van der Waals surface area (Å²) in [6, 6.07) is 0. The van der Waals surface area contributed by atoms with Crippen molar-refractivity contribution in [3.8, 4) is 0 Å². The first-order chi connectivity index (χ1) is 7.00. The fourth-order valence-corrected chi connectivity index (χ4v) is 5.44. The highest BCUT2D eigenvalue weighted by atomic mass is 14.7. The zero-order valence-electron chi connectivity index (χ0n) is 10.5. The van der Waals surface area contributed by atoms with Crippen molar-refractivity contribution < 1.29 is 0 Å². The summed E-state index contributed by atoms with van der Waals surface area (Å²) in [5, 5.41) is 0. The van der Waals surface area contributed by atoms with Gasteiger partial charge in [0.25, 0.3) is 0 Å². The molecule has 4 rings (SSSR count). The first-order valence-corrected chi connectivity index (χ1v) is 6.68. The van der Waals surface area contributed by atoms with E-state index in [0.29, 0.717) is 10.8 Å². The van der Waals surface area contributed by atoms with E-state index in [-0.39, 0.29) is 0 Å². The van der Waals surface area contributed by atoms with Crippen LogP contribution in [0.25, 0.3) is 0 Å². The standard InChI is InChI=1S/C15H24/c1-10-5-7-12-9-15(14(12,3)4)11(2)6-8-13(10)15/h11-13H,1,5-9H2,2-4H3. The maximum Gasteiger partial charge on any atom is -0.0141 e. The van der Waals surface area contributed by atoms with Gasteiger partial charge in [-0.25, -0.2) is 0 Å². The maximum atomic E-state index is 4.39. The predicted molar refractivity (Wildman–Crippen MR) is 64.6 cm³/mol. The lowest BCUT2D eigenvalue weighted by Gasteiger charge is -2.64. The van der Waals surface area contributed by atoms with E-state index in [1.54, 1.807) is 5.57 Å². The Balaban J connectivity index is 2.09. The van der Waals surface area contributed by atoms with Crippen molar-refractivity contribution >= 4 is 0 Å². The largest absolute Gasteiger partial charge is 0.0996 e. The predicted octanol–water partition coefficient (Wildman–Crippen LogP) is 4.42. The number of fused-ring (bicyclic) bond motifs is 2. The summed E-state index contributed by atoms with van der Waals surface area (Å²) in [7, 11) is 0. The van der Waals surface area contributed by atoms with Gasteiger partial charge in [0.05, 0.1) is 0 Å². The van der Waals surface area contributed by atoms with Gasteiger partial charge in [0, 0.05) is 0 Å². The van der Waals surface area contributed by atoms with Crippen LogP contribution in [0.3, 0.4) is 0 Å². The average molecular weight is 204 g/mol. The van der Waals surface area contributed by atoms with Gasteiger partial charge in [-0.3, -0.25) is 0 Å². The first-order valence-electron chi connectivity index (χ1n) is 6.68. The third-order valence-corrected chi connectivity index (χ3v) is 6.50. The van der Waals surface area contributed by atoms with Crippen LogP contribution in [0.15, 0.2) is 12.2 Å². The van der Waals surface area contributed by atoms with E-state index in [2.05, 4.69) is 27.4 Å². The summed E-state index contributed by atoms with van der Waals surface area (Å²) < 4.78 is 0. The molecule has 84 valence electrons. The second-order valence-corrected chi connectivity index (χ2v) is 6.89. The molecule has 0 heterocycles. The molecule has 0 heteroatoms. The Hall–Kier alpha value is -0.260. The quantitative estimate of drug-likeness (QED) is 0.513. The summed E-state index contributed by atoms with van der Waals surface area (Å²) in [6.07, 6.45) is 7.10. The molecule has 4 saturated carbocycles. The van der Waals surface area contributed by atoms with E-state index in [1.165, 1.54) is 32.1 Å². The van der Waals surface area contributed by atoms with Crippen molar-refractivity contribution in [2.24, 2.45) is 28.6 Å². The van der Waals surface area contributed by atoms with E-state index in [9.17, 15) is 0 Å². The van der Waals surface area contributed by atoms with Crippen LogP contribution in [0.1, 0.15) is 52.9 Å². The van der Waals surface area contributed by atoms with Gasteiger partial charge in [0.2, 0.25) is 0 Å². The lowest BCUT2D eigenvalue weighted by molar-refractivity contribution is -0.155. The van der Waals surface area contributed by atoms with Gasteiger partial charge in [0.15, 0.2) is 0 Å². The van der Waals surface area contributed by atoms with Crippen LogP contribution in [0.5, 0.6) is 0 Å². The van der Waals surface area contributed by atoms with Gasteiger partial charge >= 0.3 is 0 Å². The Labute approximate surface area is 94.1 Å².